The molecule has 0 aliphatic carbocycles. The Morgan fingerprint density at radius 1 is 1.44 bits per heavy atom. The summed E-state index contributed by atoms with van der Waals surface area (Å²) < 4.78 is 0. The van der Waals surface area contributed by atoms with Gasteiger partial charge in [-0.15, -0.1) is 0 Å². The molecule has 0 amide bonds. The van der Waals surface area contributed by atoms with Crippen LogP contribution in [-0.2, 0) is 0 Å². The highest BCUT2D eigenvalue weighted by Crippen LogP contribution is 2.24. The summed E-state index contributed by atoms with van der Waals surface area (Å²) in [4.78, 5) is 14.0. The highest BCUT2D eigenvalue weighted by molar-refractivity contribution is 6.28. The number of β-amino-alcohol motifs (C(OH)–C–C–N with tert-alkyl or cyclic N) is 1. The molecular weight excluding hydrogens is 230 g/mol. The van der Waals surface area contributed by atoms with Crippen LogP contribution in [0.5, 0.6) is 0 Å². The van der Waals surface area contributed by atoms with Crippen molar-refractivity contribution in [3.05, 3.63) is 5.28 Å². The second kappa shape index (κ2) is 4.03. The highest BCUT2D eigenvalue weighted by atomic mass is 35.5. The van der Waals surface area contributed by atoms with Crippen molar-refractivity contribution in [1.82, 2.24) is 15.0 Å². The Morgan fingerprint density at radius 3 is 2.75 bits per heavy atom. The van der Waals surface area contributed by atoms with Crippen molar-refractivity contribution < 1.29 is 5.11 Å². The van der Waals surface area contributed by atoms with E-state index in [0.717, 1.165) is 6.54 Å². The van der Waals surface area contributed by atoms with E-state index in [2.05, 4.69) is 20.3 Å². The third kappa shape index (κ3) is 2.33. The minimum Gasteiger partial charge on any atom is -0.388 e. The molecule has 88 valence electrons. The second-order valence-electron chi connectivity index (χ2n) is 4.15. The molecule has 1 unspecified atom stereocenters. The van der Waals surface area contributed by atoms with E-state index < -0.39 is 5.60 Å². The van der Waals surface area contributed by atoms with Gasteiger partial charge in [0.25, 0.3) is 0 Å². The van der Waals surface area contributed by atoms with Gasteiger partial charge in [-0.1, -0.05) is 0 Å². The van der Waals surface area contributed by atoms with Crippen LogP contribution < -0.4 is 10.2 Å². The van der Waals surface area contributed by atoms with Crippen molar-refractivity contribution in [2.24, 2.45) is 0 Å². The Labute approximate surface area is 98.7 Å². The maximum atomic E-state index is 9.86. The molecule has 2 N–H and O–H groups in total. The standard InChI is InChI=1S/C9H14ClN5O/c1-9(16)3-4-15(5-9)8-13-6(10)12-7(11-2)14-8/h16H,3-5H2,1-2H3,(H,11,12,13,14). The van der Waals surface area contributed by atoms with Crippen molar-refractivity contribution in [1.29, 1.82) is 0 Å². The fraction of sp³-hybridized carbons (Fsp3) is 0.667. The van der Waals surface area contributed by atoms with Crippen LogP contribution in [0.1, 0.15) is 13.3 Å². The van der Waals surface area contributed by atoms with Gasteiger partial charge in [0.05, 0.1) is 5.60 Å². The summed E-state index contributed by atoms with van der Waals surface area (Å²) in [5.41, 5.74) is -0.682. The van der Waals surface area contributed by atoms with E-state index in [4.69, 9.17) is 11.6 Å². The Balaban J connectivity index is 2.24. The summed E-state index contributed by atoms with van der Waals surface area (Å²) >= 11 is 5.79. The van der Waals surface area contributed by atoms with Crippen LogP contribution in [0.4, 0.5) is 11.9 Å². The van der Waals surface area contributed by atoms with Crippen LogP contribution >= 0.6 is 11.6 Å². The van der Waals surface area contributed by atoms with Gasteiger partial charge >= 0.3 is 0 Å². The number of aliphatic hydroxyl groups is 1. The minimum absolute atomic E-state index is 0.154. The molecule has 16 heavy (non-hydrogen) atoms. The number of hydrogen-bond donors (Lipinski definition) is 2. The van der Waals surface area contributed by atoms with Crippen LogP contribution in [0, 0.1) is 0 Å². The Bertz CT molecular complexity index is 397. The van der Waals surface area contributed by atoms with Gasteiger partial charge in [0.15, 0.2) is 0 Å². The number of halogens is 1. The molecule has 1 fully saturated rings. The van der Waals surface area contributed by atoms with Gasteiger partial charge in [-0.25, -0.2) is 0 Å². The van der Waals surface area contributed by atoms with Gasteiger partial charge in [0.2, 0.25) is 17.2 Å². The predicted molar refractivity (Wildman–Crippen MR) is 61.8 cm³/mol. The molecule has 0 aromatic carbocycles. The fourth-order valence-electron chi connectivity index (χ4n) is 1.71. The second-order valence-corrected chi connectivity index (χ2v) is 4.48. The van der Waals surface area contributed by atoms with E-state index in [1.807, 2.05) is 4.90 Å². The molecule has 1 aromatic heterocycles. The van der Waals surface area contributed by atoms with E-state index in [0.29, 0.717) is 24.9 Å². The van der Waals surface area contributed by atoms with Gasteiger partial charge in [0.1, 0.15) is 0 Å². The summed E-state index contributed by atoms with van der Waals surface area (Å²) in [6, 6.07) is 0. The number of aromatic nitrogens is 3. The lowest BCUT2D eigenvalue weighted by Gasteiger charge is -2.19. The molecular formula is C9H14ClN5O. The molecule has 7 heteroatoms. The fourth-order valence-corrected chi connectivity index (χ4v) is 1.86. The summed E-state index contributed by atoms with van der Waals surface area (Å²) in [6.07, 6.45) is 0.700. The lowest BCUT2D eigenvalue weighted by molar-refractivity contribution is 0.0838. The summed E-state index contributed by atoms with van der Waals surface area (Å²) in [5.74, 6) is 0.934. The topological polar surface area (TPSA) is 74.2 Å². The van der Waals surface area contributed by atoms with Crippen molar-refractivity contribution in [2.75, 3.05) is 30.4 Å². The van der Waals surface area contributed by atoms with E-state index in [1.165, 1.54) is 0 Å². The number of nitrogens with zero attached hydrogens (tertiary/aromatic N) is 4. The minimum atomic E-state index is -0.682. The van der Waals surface area contributed by atoms with Gasteiger partial charge in [0, 0.05) is 20.1 Å². The molecule has 1 saturated heterocycles. The zero-order chi connectivity index (χ0) is 11.8. The maximum Gasteiger partial charge on any atom is 0.231 e. The summed E-state index contributed by atoms with van der Waals surface area (Å²) in [7, 11) is 1.72. The molecule has 1 aliphatic rings. The molecule has 1 aromatic rings. The largest absolute Gasteiger partial charge is 0.388 e. The van der Waals surface area contributed by atoms with Crippen molar-refractivity contribution in [2.45, 2.75) is 18.9 Å². The summed E-state index contributed by atoms with van der Waals surface area (Å²) in [5, 5.41) is 12.8. The first-order valence-corrected chi connectivity index (χ1v) is 5.45. The third-order valence-corrected chi connectivity index (χ3v) is 2.72. The van der Waals surface area contributed by atoms with Gasteiger partial charge in [-0.3, -0.25) is 0 Å². The molecule has 0 radical (unpaired) electrons. The zero-order valence-corrected chi connectivity index (χ0v) is 9.99. The first-order chi connectivity index (χ1) is 7.50. The molecule has 1 atom stereocenters. The Morgan fingerprint density at radius 2 is 2.19 bits per heavy atom. The maximum absolute atomic E-state index is 9.86. The van der Waals surface area contributed by atoms with Crippen LogP contribution in [0.2, 0.25) is 5.28 Å². The van der Waals surface area contributed by atoms with Gasteiger partial charge < -0.3 is 15.3 Å². The van der Waals surface area contributed by atoms with Crippen molar-refractivity contribution in [3.63, 3.8) is 0 Å². The molecule has 0 saturated carbocycles. The smallest absolute Gasteiger partial charge is 0.231 e. The number of hydrogen-bond acceptors (Lipinski definition) is 6. The lowest BCUT2D eigenvalue weighted by Crippen LogP contribution is -2.30. The average Bonchev–Trinajstić information content (AvgIpc) is 2.58. The van der Waals surface area contributed by atoms with Crippen LogP contribution in [0.15, 0.2) is 0 Å². The van der Waals surface area contributed by atoms with E-state index in [-0.39, 0.29) is 5.28 Å². The van der Waals surface area contributed by atoms with Crippen LogP contribution in [-0.4, -0.2) is 45.8 Å². The lowest BCUT2D eigenvalue weighted by atomic mass is 10.1. The van der Waals surface area contributed by atoms with Crippen LogP contribution in [0.3, 0.4) is 0 Å². The Hall–Kier alpha value is -1.14. The van der Waals surface area contributed by atoms with Crippen molar-refractivity contribution in [3.8, 4) is 0 Å². The van der Waals surface area contributed by atoms with E-state index in [1.54, 1.807) is 14.0 Å². The van der Waals surface area contributed by atoms with E-state index in [9.17, 15) is 5.11 Å². The van der Waals surface area contributed by atoms with Crippen molar-refractivity contribution >= 4 is 23.5 Å². The average molecular weight is 244 g/mol. The highest BCUT2D eigenvalue weighted by Gasteiger charge is 2.32. The van der Waals surface area contributed by atoms with Crippen LogP contribution in [0.25, 0.3) is 0 Å². The third-order valence-electron chi connectivity index (χ3n) is 2.55. The molecule has 2 rings (SSSR count). The summed E-state index contributed by atoms with van der Waals surface area (Å²) in [6.45, 7) is 3.03. The van der Waals surface area contributed by atoms with E-state index >= 15 is 0 Å². The quantitative estimate of drug-likeness (QED) is 0.789. The molecule has 6 nitrogen and oxygen atoms in total. The molecule has 2 heterocycles. The molecule has 0 spiro atoms. The first kappa shape index (κ1) is 11.3. The first-order valence-electron chi connectivity index (χ1n) is 5.07. The SMILES string of the molecule is CNc1nc(Cl)nc(N2CCC(C)(O)C2)n1. The number of anilines is 2. The van der Waals surface area contributed by atoms with Gasteiger partial charge in [-0.05, 0) is 24.9 Å². The zero-order valence-electron chi connectivity index (χ0n) is 9.24. The number of nitrogens with one attached hydrogen (secondary N) is 1. The monoisotopic (exact) mass is 243 g/mol. The normalized spacial score (nSPS) is 24.9. The molecule has 0 bridgehead atoms. The molecule has 1 aliphatic heterocycles. The van der Waals surface area contributed by atoms with Gasteiger partial charge in [-0.2, -0.15) is 15.0 Å². The predicted octanol–water partition coefficient (Wildman–Crippen LogP) is 0.528. The number of rotatable bonds is 2. The Kier molecular flexibility index (Phi) is 2.86.